The quantitative estimate of drug-likeness (QED) is 0.239. The molecule has 0 saturated heterocycles. The first-order chi connectivity index (χ1) is 17.9. The van der Waals surface area contributed by atoms with Crippen LogP contribution in [-0.2, 0) is 23.2 Å². The normalized spacial score (nSPS) is 11.3. The average Bonchev–Trinajstić information content (AvgIpc) is 2.92. The molecule has 188 valence electrons. The summed E-state index contributed by atoms with van der Waals surface area (Å²) in [5.74, 6) is 0.203. The number of para-hydroxylation sites is 1. The van der Waals surface area contributed by atoms with E-state index in [1.807, 2.05) is 84.9 Å². The van der Waals surface area contributed by atoms with E-state index < -0.39 is 15.9 Å². The van der Waals surface area contributed by atoms with Crippen LogP contribution in [0.2, 0.25) is 0 Å². The fourth-order valence-electron chi connectivity index (χ4n) is 3.63. The molecule has 0 aliphatic rings. The van der Waals surface area contributed by atoms with Gasteiger partial charge in [0.25, 0.3) is 5.91 Å². The molecule has 4 aromatic carbocycles. The molecule has 0 unspecified atom stereocenters. The number of hydrogen-bond acceptors (Lipinski definition) is 5. The van der Waals surface area contributed by atoms with Crippen LogP contribution in [0.3, 0.4) is 0 Å². The van der Waals surface area contributed by atoms with E-state index in [0.717, 1.165) is 28.7 Å². The second kappa shape index (κ2) is 12.0. The topological polar surface area (TPSA) is 88.1 Å². The molecule has 4 rings (SSSR count). The fourth-order valence-corrected chi connectivity index (χ4v) is 4.53. The van der Waals surface area contributed by atoms with Gasteiger partial charge in [0.1, 0.15) is 12.4 Å². The van der Waals surface area contributed by atoms with Gasteiger partial charge in [-0.05, 0) is 53.1 Å². The van der Waals surface area contributed by atoms with Crippen molar-refractivity contribution in [1.29, 1.82) is 0 Å². The van der Waals surface area contributed by atoms with Crippen molar-refractivity contribution in [1.82, 2.24) is 5.43 Å². The molecule has 0 aliphatic heterocycles. The first-order valence-electron chi connectivity index (χ1n) is 11.6. The lowest BCUT2D eigenvalue weighted by atomic mass is 10.1. The Morgan fingerprint density at radius 1 is 0.838 bits per heavy atom. The van der Waals surface area contributed by atoms with Crippen molar-refractivity contribution in [3.05, 3.63) is 131 Å². The van der Waals surface area contributed by atoms with Gasteiger partial charge in [-0.1, -0.05) is 72.8 Å². The molecule has 7 nitrogen and oxygen atoms in total. The highest BCUT2D eigenvalue weighted by molar-refractivity contribution is 7.92. The zero-order valence-corrected chi connectivity index (χ0v) is 21.1. The zero-order valence-electron chi connectivity index (χ0n) is 20.3. The fraction of sp³-hybridized carbons (Fsp3) is 0.103. The molecule has 0 spiro atoms. The van der Waals surface area contributed by atoms with Crippen LogP contribution in [0.5, 0.6) is 5.75 Å². The minimum Gasteiger partial charge on any atom is -0.489 e. The first kappa shape index (κ1) is 25.7. The maximum atomic E-state index is 12.9. The number of carbonyl (C=O) groups is 1. The highest BCUT2D eigenvalue weighted by atomic mass is 32.2. The van der Waals surface area contributed by atoms with Gasteiger partial charge in [-0.25, -0.2) is 13.8 Å². The number of hydrogen-bond donors (Lipinski definition) is 1. The number of nitrogens with one attached hydrogen (secondary N) is 1. The summed E-state index contributed by atoms with van der Waals surface area (Å²) in [7, 11) is -3.66. The third kappa shape index (κ3) is 7.28. The van der Waals surface area contributed by atoms with E-state index in [4.69, 9.17) is 4.74 Å². The van der Waals surface area contributed by atoms with Crippen molar-refractivity contribution < 1.29 is 17.9 Å². The molecule has 4 aromatic rings. The highest BCUT2D eigenvalue weighted by Crippen LogP contribution is 2.25. The van der Waals surface area contributed by atoms with E-state index in [0.29, 0.717) is 6.61 Å². The number of sulfonamides is 1. The number of nitrogens with zero attached hydrogens (tertiary/aromatic N) is 2. The van der Waals surface area contributed by atoms with E-state index in [-0.39, 0.29) is 17.8 Å². The molecular formula is C29H27N3O4S. The summed E-state index contributed by atoms with van der Waals surface area (Å²) in [5.41, 5.74) is 5.62. The standard InChI is InChI=1S/C29H27N3O4S/c1-37(34,35)32(21-24-10-4-2-5-11-24)28-15-9-8-14-27(28)29(33)31-30-20-23-16-18-26(19-17-23)36-22-25-12-6-3-7-13-25/h2-20H,21-22H2,1H3,(H,31,33)/b30-20+. The molecule has 0 saturated carbocycles. The van der Waals surface area contributed by atoms with E-state index >= 15 is 0 Å². The van der Waals surface area contributed by atoms with E-state index in [9.17, 15) is 13.2 Å². The number of anilines is 1. The largest absolute Gasteiger partial charge is 0.489 e. The van der Waals surface area contributed by atoms with Crippen molar-refractivity contribution in [2.75, 3.05) is 10.6 Å². The number of carbonyl (C=O) groups excluding carboxylic acids is 1. The Labute approximate surface area is 217 Å². The maximum Gasteiger partial charge on any atom is 0.273 e. The van der Waals surface area contributed by atoms with E-state index in [1.54, 1.807) is 24.3 Å². The van der Waals surface area contributed by atoms with Gasteiger partial charge in [0.15, 0.2) is 0 Å². The summed E-state index contributed by atoms with van der Waals surface area (Å²) in [6, 6.07) is 33.0. The third-order valence-corrected chi connectivity index (χ3v) is 6.62. The van der Waals surface area contributed by atoms with Gasteiger partial charge < -0.3 is 4.74 Å². The van der Waals surface area contributed by atoms with Crippen molar-refractivity contribution in [2.24, 2.45) is 5.10 Å². The average molecular weight is 514 g/mol. The molecule has 0 radical (unpaired) electrons. The Balaban J connectivity index is 1.42. The van der Waals surface area contributed by atoms with Gasteiger partial charge >= 0.3 is 0 Å². The van der Waals surface area contributed by atoms with Gasteiger partial charge in [0.2, 0.25) is 10.0 Å². The van der Waals surface area contributed by atoms with Crippen LogP contribution in [0, 0.1) is 0 Å². The molecule has 0 aliphatic carbocycles. The number of rotatable bonds is 10. The van der Waals surface area contributed by atoms with E-state index in [1.165, 1.54) is 10.5 Å². The Morgan fingerprint density at radius 3 is 2.08 bits per heavy atom. The second-order valence-corrected chi connectivity index (χ2v) is 10.2. The predicted molar refractivity (Wildman–Crippen MR) is 146 cm³/mol. The van der Waals surface area contributed by atoms with Crippen LogP contribution in [0.15, 0.2) is 114 Å². The van der Waals surface area contributed by atoms with Crippen LogP contribution < -0.4 is 14.5 Å². The zero-order chi connectivity index (χ0) is 26.1. The van der Waals surface area contributed by atoms with Gasteiger partial charge in [0, 0.05) is 0 Å². The lowest BCUT2D eigenvalue weighted by molar-refractivity contribution is 0.0955. The summed E-state index contributed by atoms with van der Waals surface area (Å²) in [6.45, 7) is 0.574. The minimum atomic E-state index is -3.66. The SMILES string of the molecule is CS(=O)(=O)N(Cc1ccccc1)c1ccccc1C(=O)N/N=C/c1ccc(OCc2ccccc2)cc1. The molecule has 0 bridgehead atoms. The summed E-state index contributed by atoms with van der Waals surface area (Å²) in [4.78, 5) is 12.9. The van der Waals surface area contributed by atoms with Crippen LogP contribution in [0.4, 0.5) is 5.69 Å². The maximum absolute atomic E-state index is 12.9. The number of hydrazone groups is 1. The molecule has 37 heavy (non-hydrogen) atoms. The summed E-state index contributed by atoms with van der Waals surface area (Å²) in [5, 5.41) is 4.05. The van der Waals surface area contributed by atoms with Crippen LogP contribution in [-0.4, -0.2) is 26.8 Å². The Hall–Kier alpha value is -4.43. The van der Waals surface area contributed by atoms with Crippen LogP contribution >= 0.6 is 0 Å². The van der Waals surface area contributed by atoms with E-state index in [2.05, 4.69) is 10.5 Å². The second-order valence-electron chi connectivity index (χ2n) is 8.31. The molecule has 8 heteroatoms. The molecule has 0 heterocycles. The summed E-state index contributed by atoms with van der Waals surface area (Å²) in [6.07, 6.45) is 2.63. The minimum absolute atomic E-state index is 0.103. The van der Waals surface area contributed by atoms with Crippen molar-refractivity contribution in [3.8, 4) is 5.75 Å². The lowest BCUT2D eigenvalue weighted by Crippen LogP contribution is -2.32. The van der Waals surface area contributed by atoms with Gasteiger partial charge in [-0.15, -0.1) is 0 Å². The molecular weight excluding hydrogens is 486 g/mol. The van der Waals surface area contributed by atoms with Gasteiger partial charge in [0.05, 0.1) is 30.3 Å². The molecule has 1 amide bonds. The van der Waals surface area contributed by atoms with Crippen molar-refractivity contribution in [2.45, 2.75) is 13.2 Å². The molecule has 0 fully saturated rings. The number of amides is 1. The Bertz CT molecular complexity index is 1460. The number of benzene rings is 4. The molecule has 0 atom stereocenters. The van der Waals surface area contributed by atoms with Gasteiger partial charge in [-0.3, -0.25) is 9.10 Å². The van der Waals surface area contributed by atoms with Crippen molar-refractivity contribution in [3.63, 3.8) is 0 Å². The Morgan fingerprint density at radius 2 is 1.43 bits per heavy atom. The first-order valence-corrected chi connectivity index (χ1v) is 13.5. The summed E-state index contributed by atoms with van der Waals surface area (Å²) >= 11 is 0. The molecule has 0 aromatic heterocycles. The Kier molecular flexibility index (Phi) is 8.33. The van der Waals surface area contributed by atoms with Crippen molar-refractivity contribution >= 4 is 27.8 Å². The smallest absolute Gasteiger partial charge is 0.273 e. The lowest BCUT2D eigenvalue weighted by Gasteiger charge is -2.24. The highest BCUT2D eigenvalue weighted by Gasteiger charge is 2.23. The van der Waals surface area contributed by atoms with Crippen LogP contribution in [0.1, 0.15) is 27.0 Å². The molecule has 1 N–H and O–H groups in total. The van der Waals surface area contributed by atoms with Gasteiger partial charge in [-0.2, -0.15) is 5.10 Å². The predicted octanol–water partition coefficient (Wildman–Crippen LogP) is 5.00. The third-order valence-electron chi connectivity index (χ3n) is 5.49. The monoisotopic (exact) mass is 513 g/mol. The summed E-state index contributed by atoms with van der Waals surface area (Å²) < 4.78 is 32.2. The number of ether oxygens (including phenoxy) is 1. The van der Waals surface area contributed by atoms with Crippen LogP contribution in [0.25, 0.3) is 0 Å².